The first-order valence-electron chi connectivity index (χ1n) is 7.92. The van der Waals surface area contributed by atoms with Crippen LogP contribution in [0.2, 0.25) is 0 Å². The first kappa shape index (κ1) is 15.5. The Morgan fingerprint density at radius 1 is 1.39 bits per heavy atom. The monoisotopic (exact) mass is 317 g/mol. The average Bonchev–Trinajstić information content (AvgIpc) is 2.91. The highest BCUT2D eigenvalue weighted by Crippen LogP contribution is 2.36. The molecule has 1 aliphatic rings. The quantitative estimate of drug-likeness (QED) is 0.895. The van der Waals surface area contributed by atoms with E-state index in [4.69, 9.17) is 4.52 Å². The van der Waals surface area contributed by atoms with Crippen LogP contribution in [0.3, 0.4) is 0 Å². The molecule has 0 aliphatic heterocycles. The fourth-order valence-corrected chi connectivity index (χ4v) is 3.09. The van der Waals surface area contributed by atoms with Crippen molar-refractivity contribution in [1.29, 1.82) is 0 Å². The van der Waals surface area contributed by atoms with Crippen molar-refractivity contribution >= 4 is 5.78 Å². The molecule has 1 aliphatic carbocycles. The number of aromatic nitrogens is 3. The number of hydrogen-bond donors (Lipinski definition) is 2. The molecule has 3 rings (SSSR count). The number of Topliss-reactive ketones (excluding diaryl/α,β-unsaturated/α-hetero) is 1. The molecule has 0 amide bonds. The molecule has 0 bridgehead atoms. The van der Waals surface area contributed by atoms with Crippen molar-refractivity contribution in [3.05, 3.63) is 27.7 Å². The molecule has 2 aromatic heterocycles. The molecule has 0 spiro atoms. The van der Waals surface area contributed by atoms with Gasteiger partial charge in [-0.25, -0.2) is 0 Å². The van der Waals surface area contributed by atoms with Gasteiger partial charge in [0.05, 0.1) is 12.0 Å². The van der Waals surface area contributed by atoms with Crippen LogP contribution in [0.5, 0.6) is 5.88 Å². The van der Waals surface area contributed by atoms with Crippen molar-refractivity contribution in [1.82, 2.24) is 15.1 Å². The molecular formula is C16H19N3O4. The van der Waals surface area contributed by atoms with E-state index in [0.29, 0.717) is 24.3 Å². The molecule has 1 saturated carbocycles. The minimum atomic E-state index is -0.465. The fourth-order valence-electron chi connectivity index (χ4n) is 3.09. The zero-order valence-corrected chi connectivity index (χ0v) is 13.0. The molecule has 0 unspecified atom stereocenters. The Bertz CT molecular complexity index is 778. The Morgan fingerprint density at radius 3 is 2.91 bits per heavy atom. The molecule has 2 heterocycles. The Hall–Kier alpha value is -2.44. The summed E-state index contributed by atoms with van der Waals surface area (Å²) in [5.41, 5.74) is 0.725. The minimum Gasteiger partial charge on any atom is -0.493 e. The van der Waals surface area contributed by atoms with Crippen molar-refractivity contribution in [3.8, 4) is 17.4 Å². The van der Waals surface area contributed by atoms with Gasteiger partial charge in [0.2, 0.25) is 5.88 Å². The van der Waals surface area contributed by atoms with Crippen molar-refractivity contribution in [2.75, 3.05) is 0 Å². The minimum absolute atomic E-state index is 0.164. The summed E-state index contributed by atoms with van der Waals surface area (Å²) < 4.78 is 5.48. The second kappa shape index (κ2) is 6.36. The van der Waals surface area contributed by atoms with Crippen molar-refractivity contribution in [3.63, 3.8) is 0 Å². The molecule has 0 saturated heterocycles. The highest BCUT2D eigenvalue weighted by molar-refractivity contribution is 5.86. The predicted octanol–water partition coefficient (Wildman–Crippen LogP) is 2.31. The molecule has 2 aromatic rings. The summed E-state index contributed by atoms with van der Waals surface area (Å²) in [6, 6.07) is 0.995. The number of aromatic amines is 1. The van der Waals surface area contributed by atoms with Crippen LogP contribution in [0.1, 0.15) is 56.3 Å². The van der Waals surface area contributed by atoms with Crippen LogP contribution in [0.4, 0.5) is 0 Å². The Morgan fingerprint density at radius 2 is 2.22 bits per heavy atom. The summed E-state index contributed by atoms with van der Waals surface area (Å²) in [5, 5.41) is 13.6. The lowest BCUT2D eigenvalue weighted by atomic mass is 9.84. The average molecular weight is 317 g/mol. The maximum atomic E-state index is 12.2. The molecule has 122 valence electrons. The van der Waals surface area contributed by atoms with Crippen LogP contribution in [0, 0.1) is 0 Å². The van der Waals surface area contributed by atoms with E-state index < -0.39 is 5.56 Å². The zero-order valence-electron chi connectivity index (χ0n) is 13.0. The van der Waals surface area contributed by atoms with Crippen LogP contribution < -0.4 is 5.56 Å². The molecule has 2 N–H and O–H groups in total. The highest BCUT2D eigenvalue weighted by Gasteiger charge is 2.31. The number of carbonyl (C=O) groups is 1. The molecule has 0 radical (unpaired) electrons. The predicted molar refractivity (Wildman–Crippen MR) is 82.2 cm³/mol. The van der Waals surface area contributed by atoms with E-state index in [1.165, 1.54) is 0 Å². The molecule has 1 atom stereocenters. The van der Waals surface area contributed by atoms with Gasteiger partial charge in [0.1, 0.15) is 5.78 Å². The molecule has 7 heteroatoms. The summed E-state index contributed by atoms with van der Waals surface area (Å²) in [6.07, 6.45) is 4.73. The maximum absolute atomic E-state index is 12.2. The van der Waals surface area contributed by atoms with Crippen LogP contribution in [-0.4, -0.2) is 26.0 Å². The zero-order chi connectivity index (χ0) is 16.4. The molecule has 0 aromatic carbocycles. The number of aromatic hydroxyl groups is 1. The Labute approximate surface area is 132 Å². The smallest absolute Gasteiger partial charge is 0.255 e. The number of H-pyrrole nitrogens is 1. The van der Waals surface area contributed by atoms with Gasteiger partial charge < -0.3 is 14.6 Å². The van der Waals surface area contributed by atoms with Gasteiger partial charge in [0, 0.05) is 12.0 Å². The standard InChI is InChI=1S/C16H19N3O4/c1-2-5-10-14(16-17-12(21)8-13(22)18-16)19-23-15(10)9-6-3-4-7-11(9)20/h8-9H,2-7H2,1H3,(H2,17,18,21,22)/t9-/m0/s1. The first-order valence-corrected chi connectivity index (χ1v) is 7.92. The third-order valence-corrected chi connectivity index (χ3v) is 4.14. The van der Waals surface area contributed by atoms with Crippen LogP contribution in [0.15, 0.2) is 15.4 Å². The number of ketones is 1. The molecule has 1 fully saturated rings. The third kappa shape index (κ3) is 3.04. The van der Waals surface area contributed by atoms with Crippen LogP contribution >= 0.6 is 0 Å². The van der Waals surface area contributed by atoms with Crippen LogP contribution in [0.25, 0.3) is 11.5 Å². The van der Waals surface area contributed by atoms with Crippen LogP contribution in [-0.2, 0) is 11.2 Å². The normalized spacial score (nSPS) is 18.3. The summed E-state index contributed by atoms with van der Waals surface area (Å²) in [5.74, 6) is 0.281. The van der Waals surface area contributed by atoms with Gasteiger partial charge in [-0.3, -0.25) is 9.59 Å². The summed E-state index contributed by atoms with van der Waals surface area (Å²) in [7, 11) is 0. The second-order valence-corrected chi connectivity index (χ2v) is 5.84. The largest absolute Gasteiger partial charge is 0.493 e. The van der Waals surface area contributed by atoms with E-state index in [1.807, 2.05) is 6.92 Å². The number of hydrogen-bond acceptors (Lipinski definition) is 6. The van der Waals surface area contributed by atoms with E-state index in [-0.39, 0.29) is 23.4 Å². The molecule has 7 nitrogen and oxygen atoms in total. The molecule has 23 heavy (non-hydrogen) atoms. The number of carbonyl (C=O) groups excluding carboxylic acids is 1. The second-order valence-electron chi connectivity index (χ2n) is 5.84. The van der Waals surface area contributed by atoms with E-state index in [1.54, 1.807) is 0 Å². The van der Waals surface area contributed by atoms with E-state index in [2.05, 4.69) is 15.1 Å². The summed E-state index contributed by atoms with van der Waals surface area (Å²) in [4.78, 5) is 30.2. The van der Waals surface area contributed by atoms with E-state index in [9.17, 15) is 14.7 Å². The number of rotatable bonds is 4. The SMILES string of the molecule is CCCc1c(-c2nc(O)cc(=O)[nH]2)noc1[C@H]1CCCCC1=O. The maximum Gasteiger partial charge on any atom is 0.255 e. The van der Waals surface area contributed by atoms with Crippen molar-refractivity contribution < 1.29 is 14.4 Å². The van der Waals surface area contributed by atoms with Gasteiger partial charge >= 0.3 is 0 Å². The Kier molecular flexibility index (Phi) is 4.27. The third-order valence-electron chi connectivity index (χ3n) is 4.14. The summed E-state index contributed by atoms with van der Waals surface area (Å²) >= 11 is 0. The highest BCUT2D eigenvalue weighted by atomic mass is 16.5. The fraction of sp³-hybridized carbons (Fsp3) is 0.500. The van der Waals surface area contributed by atoms with Crippen molar-refractivity contribution in [2.45, 2.75) is 51.4 Å². The van der Waals surface area contributed by atoms with Gasteiger partial charge in [-0.15, -0.1) is 0 Å². The lowest BCUT2D eigenvalue weighted by Gasteiger charge is -2.18. The Balaban J connectivity index is 2.08. The molecular weight excluding hydrogens is 298 g/mol. The number of nitrogens with zero attached hydrogens (tertiary/aromatic N) is 2. The first-order chi connectivity index (χ1) is 11.1. The van der Waals surface area contributed by atoms with Gasteiger partial charge in [0.15, 0.2) is 17.3 Å². The summed E-state index contributed by atoms with van der Waals surface area (Å²) in [6.45, 7) is 2.02. The topological polar surface area (TPSA) is 109 Å². The lowest BCUT2D eigenvalue weighted by molar-refractivity contribution is -0.122. The van der Waals surface area contributed by atoms with Gasteiger partial charge in [-0.2, -0.15) is 4.98 Å². The van der Waals surface area contributed by atoms with E-state index >= 15 is 0 Å². The van der Waals surface area contributed by atoms with E-state index in [0.717, 1.165) is 37.3 Å². The van der Waals surface area contributed by atoms with Gasteiger partial charge in [-0.05, 0) is 19.3 Å². The van der Waals surface area contributed by atoms with Crippen molar-refractivity contribution in [2.24, 2.45) is 0 Å². The van der Waals surface area contributed by atoms with Gasteiger partial charge in [-0.1, -0.05) is 24.9 Å². The number of nitrogens with one attached hydrogen (secondary N) is 1. The van der Waals surface area contributed by atoms with Gasteiger partial charge in [0.25, 0.3) is 5.56 Å². The lowest BCUT2D eigenvalue weighted by Crippen LogP contribution is -2.17.